The van der Waals surface area contributed by atoms with Crippen molar-refractivity contribution in [3.05, 3.63) is 70.5 Å². The Kier molecular flexibility index (Phi) is 8.04. The number of carbonyl (C=O) groups excluding carboxylic acids is 2. The fourth-order valence-corrected chi connectivity index (χ4v) is 6.57. The van der Waals surface area contributed by atoms with Crippen molar-refractivity contribution < 1.29 is 45.1 Å². The molecule has 0 spiro atoms. The number of halogens is 7. The molecule has 3 aliphatic rings. The normalized spacial score (nSPS) is 28.7. The molecule has 3 saturated heterocycles. The van der Waals surface area contributed by atoms with Gasteiger partial charge in [-0.2, -0.15) is 26.3 Å². The zero-order chi connectivity index (χ0) is 31.5. The smallest absolute Gasteiger partial charge is 0.368 e. The van der Waals surface area contributed by atoms with Gasteiger partial charge in [-0.05, 0) is 68.1 Å². The Hall–Kier alpha value is -3.19. The molecule has 0 radical (unpaired) electrons. The maximum Gasteiger partial charge on any atom is 0.416 e. The molecule has 0 bridgehead atoms. The van der Waals surface area contributed by atoms with Gasteiger partial charge in [0.05, 0.1) is 23.3 Å². The van der Waals surface area contributed by atoms with Gasteiger partial charge in [0.2, 0.25) is 11.8 Å². The highest BCUT2D eigenvalue weighted by Gasteiger charge is 2.51. The van der Waals surface area contributed by atoms with Gasteiger partial charge in [0, 0.05) is 49.5 Å². The van der Waals surface area contributed by atoms with Crippen LogP contribution >= 0.6 is 0 Å². The maximum atomic E-state index is 13.8. The fraction of sp³-hybridized carbons (Fsp3) is 0.533. The molecule has 2 N–H and O–H groups in total. The van der Waals surface area contributed by atoms with Crippen LogP contribution in [0.15, 0.2) is 42.5 Å². The SMILES string of the molecule is C[C@@H](O[C@H]1CN2C(=O)CC(C(=O)N3CCC(C)(N)C3)CC2C1c1ccc(F)cc1)c1cc(C(F)(F)F)cc(C(F)(F)F)c1. The van der Waals surface area contributed by atoms with Crippen LogP contribution in [-0.2, 0) is 26.7 Å². The number of alkyl halides is 6. The van der Waals surface area contributed by atoms with Crippen molar-refractivity contribution in [2.75, 3.05) is 19.6 Å². The summed E-state index contributed by atoms with van der Waals surface area (Å²) in [5.41, 5.74) is 2.99. The van der Waals surface area contributed by atoms with Crippen molar-refractivity contribution in [3.8, 4) is 0 Å². The fourth-order valence-electron chi connectivity index (χ4n) is 6.57. The first-order chi connectivity index (χ1) is 19.9. The molecule has 234 valence electrons. The summed E-state index contributed by atoms with van der Waals surface area (Å²) in [5.74, 6) is -2.27. The summed E-state index contributed by atoms with van der Waals surface area (Å²) in [6, 6.07) is 6.20. The monoisotopic (exact) mass is 615 g/mol. The van der Waals surface area contributed by atoms with Crippen molar-refractivity contribution in [3.63, 3.8) is 0 Å². The molecule has 3 fully saturated rings. The summed E-state index contributed by atoms with van der Waals surface area (Å²) in [7, 11) is 0. The summed E-state index contributed by atoms with van der Waals surface area (Å²) in [6.07, 6.45) is -11.3. The number of hydrogen-bond acceptors (Lipinski definition) is 4. The summed E-state index contributed by atoms with van der Waals surface area (Å²) < 4.78 is 101. The number of benzene rings is 2. The van der Waals surface area contributed by atoms with E-state index in [2.05, 4.69) is 0 Å². The Morgan fingerprint density at radius 2 is 1.65 bits per heavy atom. The molecule has 0 aliphatic carbocycles. The zero-order valence-corrected chi connectivity index (χ0v) is 23.5. The lowest BCUT2D eigenvalue weighted by molar-refractivity contribution is -0.146. The van der Waals surface area contributed by atoms with Crippen molar-refractivity contribution in [1.29, 1.82) is 0 Å². The Balaban J connectivity index is 1.45. The van der Waals surface area contributed by atoms with E-state index in [1.54, 1.807) is 9.80 Å². The predicted molar refractivity (Wildman–Crippen MR) is 141 cm³/mol. The number of ether oxygens (including phenoxy) is 1. The summed E-state index contributed by atoms with van der Waals surface area (Å²) in [5, 5.41) is 0. The zero-order valence-electron chi connectivity index (χ0n) is 23.5. The third-order valence-corrected chi connectivity index (χ3v) is 8.74. The quantitative estimate of drug-likeness (QED) is 0.441. The second-order valence-corrected chi connectivity index (χ2v) is 12.1. The maximum absolute atomic E-state index is 13.8. The number of fused-ring (bicyclic) bond motifs is 1. The van der Waals surface area contributed by atoms with Crippen molar-refractivity contribution >= 4 is 11.8 Å². The van der Waals surface area contributed by atoms with Gasteiger partial charge in [0.25, 0.3) is 0 Å². The minimum absolute atomic E-state index is 0.00642. The average Bonchev–Trinajstić information content (AvgIpc) is 3.47. The summed E-state index contributed by atoms with van der Waals surface area (Å²) in [6.45, 7) is 4.02. The van der Waals surface area contributed by atoms with E-state index in [4.69, 9.17) is 10.5 Å². The lowest BCUT2D eigenvalue weighted by atomic mass is 9.81. The number of hydrogen-bond donors (Lipinski definition) is 1. The lowest BCUT2D eigenvalue weighted by Gasteiger charge is -2.37. The van der Waals surface area contributed by atoms with Gasteiger partial charge in [0.15, 0.2) is 0 Å². The number of rotatable bonds is 5. The number of nitrogens with zero attached hydrogens (tertiary/aromatic N) is 2. The Morgan fingerprint density at radius 3 is 2.19 bits per heavy atom. The number of amides is 2. The van der Waals surface area contributed by atoms with Crippen LogP contribution in [0.2, 0.25) is 0 Å². The molecule has 2 aromatic rings. The van der Waals surface area contributed by atoms with E-state index in [9.17, 15) is 40.3 Å². The Labute approximate surface area is 243 Å². The topological polar surface area (TPSA) is 75.9 Å². The molecule has 0 aromatic heterocycles. The van der Waals surface area contributed by atoms with Crippen molar-refractivity contribution in [2.24, 2.45) is 11.7 Å². The highest BCUT2D eigenvalue weighted by Crippen LogP contribution is 2.45. The second kappa shape index (κ2) is 11.1. The molecule has 2 amide bonds. The van der Waals surface area contributed by atoms with Crippen molar-refractivity contribution in [1.82, 2.24) is 9.80 Å². The largest absolute Gasteiger partial charge is 0.416 e. The Morgan fingerprint density at radius 1 is 1.05 bits per heavy atom. The van der Waals surface area contributed by atoms with Gasteiger partial charge in [-0.15, -0.1) is 0 Å². The molecule has 6 atom stereocenters. The van der Waals surface area contributed by atoms with Crippen LogP contribution in [-0.4, -0.2) is 58.9 Å². The molecule has 2 aromatic carbocycles. The lowest BCUT2D eigenvalue weighted by Crippen LogP contribution is -2.49. The molecule has 6 nitrogen and oxygen atoms in total. The van der Waals surface area contributed by atoms with E-state index in [1.165, 1.54) is 31.2 Å². The standard InChI is InChI=1S/C30H32F7N3O3/c1-16(18-9-20(29(32,33)34)13-21(10-18)30(35,36)37)43-24-14-40-23(26(24)17-3-5-22(31)6-4-17)11-19(12-25(40)41)27(42)39-8-7-28(2,38)15-39/h3-6,9-10,13,16,19,23-24,26H,7-8,11-12,14-15,38H2,1-2H3/t16-,19?,23?,24+,26?,28?/m1/s1. The number of piperidine rings is 1. The van der Waals surface area contributed by atoms with E-state index in [-0.39, 0.29) is 42.8 Å². The highest BCUT2D eigenvalue weighted by atomic mass is 19.4. The third-order valence-electron chi connectivity index (χ3n) is 8.74. The molecule has 0 saturated carbocycles. The van der Waals surface area contributed by atoms with Crippen molar-refractivity contribution in [2.45, 2.75) is 75.2 Å². The van der Waals surface area contributed by atoms with Crippen LogP contribution in [0.5, 0.6) is 0 Å². The van der Waals surface area contributed by atoms with Gasteiger partial charge >= 0.3 is 12.4 Å². The summed E-state index contributed by atoms with van der Waals surface area (Å²) >= 11 is 0. The first-order valence-corrected chi connectivity index (χ1v) is 14.0. The highest BCUT2D eigenvalue weighted by molar-refractivity contribution is 5.88. The van der Waals surface area contributed by atoms with Gasteiger partial charge < -0.3 is 20.3 Å². The Bertz CT molecular complexity index is 1340. The van der Waals surface area contributed by atoms with Gasteiger partial charge in [-0.25, -0.2) is 4.39 Å². The molecule has 4 unspecified atom stereocenters. The van der Waals surface area contributed by atoms with E-state index >= 15 is 0 Å². The molecule has 3 heterocycles. The predicted octanol–water partition coefficient (Wildman–Crippen LogP) is 5.66. The van der Waals surface area contributed by atoms with Crippen LogP contribution in [0.3, 0.4) is 0 Å². The second-order valence-electron chi connectivity index (χ2n) is 12.1. The third kappa shape index (κ3) is 6.52. The van der Waals surface area contributed by atoms with Gasteiger partial charge in [-0.1, -0.05) is 12.1 Å². The minimum Gasteiger partial charge on any atom is -0.368 e. The van der Waals surface area contributed by atoms with E-state index in [0.717, 1.165) is 0 Å². The number of carbonyl (C=O) groups is 2. The van der Waals surface area contributed by atoms with Crippen LogP contribution in [0.1, 0.15) is 67.4 Å². The van der Waals surface area contributed by atoms with Crippen LogP contribution in [0.25, 0.3) is 0 Å². The van der Waals surface area contributed by atoms with Crippen LogP contribution < -0.4 is 5.73 Å². The molecule has 3 aliphatic heterocycles. The number of nitrogens with two attached hydrogens (primary N) is 1. The van der Waals surface area contributed by atoms with E-state index in [1.807, 2.05) is 6.92 Å². The molecule has 43 heavy (non-hydrogen) atoms. The van der Waals surface area contributed by atoms with Crippen LogP contribution in [0, 0.1) is 11.7 Å². The van der Waals surface area contributed by atoms with Gasteiger partial charge in [-0.3, -0.25) is 9.59 Å². The molecule has 5 rings (SSSR count). The van der Waals surface area contributed by atoms with Gasteiger partial charge in [0.1, 0.15) is 5.82 Å². The van der Waals surface area contributed by atoms with E-state index in [0.29, 0.717) is 37.2 Å². The summed E-state index contributed by atoms with van der Waals surface area (Å²) in [4.78, 5) is 30.0. The molecule has 13 heteroatoms. The molecular formula is C30H32F7N3O3. The first-order valence-electron chi connectivity index (χ1n) is 14.0. The number of likely N-dealkylation sites (tertiary alicyclic amines) is 1. The average molecular weight is 616 g/mol. The van der Waals surface area contributed by atoms with E-state index < -0.39 is 64.9 Å². The minimum atomic E-state index is -5.02. The first kappa shape index (κ1) is 31.2. The van der Waals surface area contributed by atoms with Crippen LogP contribution in [0.4, 0.5) is 30.7 Å². The molecular weight excluding hydrogens is 583 g/mol.